The maximum atomic E-state index is 13.2. The number of aromatic nitrogens is 2. The first-order valence-corrected chi connectivity index (χ1v) is 11.9. The highest BCUT2D eigenvalue weighted by Gasteiger charge is 2.24. The Bertz CT molecular complexity index is 1300. The molecule has 0 spiro atoms. The number of carbonyl (C=O) groups is 2. The van der Waals surface area contributed by atoms with Crippen LogP contribution in [0.4, 0.5) is 5.95 Å². The molecule has 35 heavy (non-hydrogen) atoms. The maximum Gasteiger partial charge on any atom is 0.253 e. The molecule has 3 N–H and O–H groups in total. The molecule has 4 rings (SSSR count). The van der Waals surface area contributed by atoms with Crippen molar-refractivity contribution in [1.29, 1.82) is 5.26 Å². The molecular weight excluding hydrogens is 440 g/mol. The summed E-state index contributed by atoms with van der Waals surface area (Å²) >= 11 is 0. The Morgan fingerprint density at radius 2 is 1.86 bits per heavy atom. The minimum atomic E-state index is -0.412. The molecule has 8 nitrogen and oxygen atoms in total. The van der Waals surface area contributed by atoms with Crippen molar-refractivity contribution in [3.63, 3.8) is 0 Å². The number of fused-ring (bicyclic) bond motifs is 1. The molecule has 1 fully saturated rings. The second-order valence-electron chi connectivity index (χ2n) is 9.01. The zero-order chi connectivity index (χ0) is 24.9. The van der Waals surface area contributed by atoms with E-state index < -0.39 is 5.91 Å². The number of rotatable bonds is 8. The number of primary amides is 1. The van der Waals surface area contributed by atoms with Crippen molar-refractivity contribution in [1.82, 2.24) is 14.5 Å². The van der Waals surface area contributed by atoms with E-state index in [0.717, 1.165) is 36.8 Å². The van der Waals surface area contributed by atoms with E-state index in [0.29, 0.717) is 34.8 Å². The molecule has 0 saturated heterocycles. The lowest BCUT2D eigenvalue weighted by atomic mass is 9.94. The Kier molecular flexibility index (Phi) is 7.16. The average molecular weight is 471 g/mol. The van der Waals surface area contributed by atoms with Gasteiger partial charge in [0.2, 0.25) is 11.9 Å². The molecule has 1 heterocycles. The van der Waals surface area contributed by atoms with E-state index in [9.17, 15) is 9.59 Å². The van der Waals surface area contributed by atoms with Crippen molar-refractivity contribution in [2.45, 2.75) is 51.1 Å². The van der Waals surface area contributed by atoms with E-state index in [4.69, 9.17) is 16.0 Å². The van der Waals surface area contributed by atoms with Crippen molar-refractivity contribution >= 4 is 34.5 Å². The van der Waals surface area contributed by atoms with Crippen molar-refractivity contribution < 1.29 is 9.59 Å². The second-order valence-corrected chi connectivity index (χ2v) is 9.01. The van der Waals surface area contributed by atoms with E-state index >= 15 is 0 Å². The quantitative estimate of drug-likeness (QED) is 0.510. The number of nitrogens with two attached hydrogens (primary N) is 1. The number of nitrogens with zero attached hydrogens (tertiary/aromatic N) is 4. The molecular formula is C27H30N6O2. The lowest BCUT2D eigenvalue weighted by molar-refractivity contribution is -0.118. The van der Waals surface area contributed by atoms with Crippen molar-refractivity contribution in [3.8, 4) is 6.07 Å². The first-order chi connectivity index (χ1) is 16.9. The Balaban J connectivity index is 1.63. The predicted molar refractivity (Wildman–Crippen MR) is 136 cm³/mol. The van der Waals surface area contributed by atoms with Gasteiger partial charge in [-0.3, -0.25) is 9.59 Å². The van der Waals surface area contributed by atoms with Gasteiger partial charge in [0, 0.05) is 37.3 Å². The number of anilines is 1. The average Bonchev–Trinajstić information content (AvgIpc) is 3.22. The third-order valence-corrected chi connectivity index (χ3v) is 6.64. The third-order valence-electron chi connectivity index (χ3n) is 6.64. The Labute approximate surface area is 205 Å². The van der Waals surface area contributed by atoms with Crippen molar-refractivity contribution in [3.05, 3.63) is 65.7 Å². The second kappa shape index (κ2) is 10.4. The number of hydrogen-bond acceptors (Lipinski definition) is 5. The number of benzene rings is 2. The van der Waals surface area contributed by atoms with Crippen molar-refractivity contribution in [2.75, 3.05) is 12.4 Å². The Morgan fingerprint density at radius 3 is 2.51 bits per heavy atom. The molecule has 8 heteroatoms. The molecule has 0 radical (unpaired) electrons. The van der Waals surface area contributed by atoms with Gasteiger partial charge in [-0.1, -0.05) is 38.0 Å². The van der Waals surface area contributed by atoms with Gasteiger partial charge < -0.3 is 20.5 Å². The highest BCUT2D eigenvalue weighted by atomic mass is 16.2. The highest BCUT2D eigenvalue weighted by Crippen LogP contribution is 2.27. The third kappa shape index (κ3) is 5.35. The van der Waals surface area contributed by atoms with Crippen LogP contribution in [-0.2, 0) is 11.3 Å². The minimum Gasteiger partial charge on any atom is -0.370 e. The number of hydrogen-bond donors (Lipinski definition) is 2. The van der Waals surface area contributed by atoms with E-state index in [1.807, 2.05) is 40.8 Å². The molecule has 2 amide bonds. The van der Waals surface area contributed by atoms with E-state index in [1.54, 1.807) is 18.2 Å². The molecule has 0 unspecified atom stereocenters. The summed E-state index contributed by atoms with van der Waals surface area (Å²) in [4.78, 5) is 31.3. The van der Waals surface area contributed by atoms with E-state index in [-0.39, 0.29) is 18.4 Å². The summed E-state index contributed by atoms with van der Waals surface area (Å²) in [7, 11) is 1.88. The molecule has 180 valence electrons. The minimum absolute atomic E-state index is 0.0120. The molecule has 1 aliphatic rings. The first-order valence-electron chi connectivity index (χ1n) is 11.9. The van der Waals surface area contributed by atoms with Crippen LogP contribution in [0, 0.1) is 11.3 Å². The van der Waals surface area contributed by atoms with Gasteiger partial charge in [0.15, 0.2) is 0 Å². The van der Waals surface area contributed by atoms with Gasteiger partial charge in [0.1, 0.15) is 0 Å². The Hall–Kier alpha value is -4.12. The molecule has 1 aromatic heterocycles. The smallest absolute Gasteiger partial charge is 0.253 e. The lowest BCUT2D eigenvalue weighted by Gasteiger charge is -2.31. The normalized spacial score (nSPS) is 13.8. The summed E-state index contributed by atoms with van der Waals surface area (Å²) in [6, 6.07) is 14.9. The largest absolute Gasteiger partial charge is 0.370 e. The van der Waals surface area contributed by atoms with Crippen LogP contribution in [0.3, 0.4) is 0 Å². The van der Waals surface area contributed by atoms with E-state index in [2.05, 4.69) is 18.0 Å². The van der Waals surface area contributed by atoms with Crippen LogP contribution in [0.2, 0.25) is 0 Å². The zero-order valence-corrected chi connectivity index (χ0v) is 20.0. The number of aryl methyl sites for hydroxylation is 1. The first kappa shape index (κ1) is 24.0. The standard InChI is InChI=1S/C27H30N6O2/c1-18(20-10-8-19(17-28)9-11-20)30-27-31-23-16-21(12-13-24(23)33(27)15-14-25(29)34)26(35)32(2)22-6-4-3-5-7-22/h8-13,16,22H,1,3-7,14-15H2,2H3,(H2,29,34)(H,30,31). The zero-order valence-electron chi connectivity index (χ0n) is 20.0. The summed E-state index contributed by atoms with van der Waals surface area (Å²) in [5, 5.41) is 12.3. The Morgan fingerprint density at radius 1 is 1.17 bits per heavy atom. The van der Waals surface area contributed by atoms with Crippen LogP contribution in [0.15, 0.2) is 49.0 Å². The number of carbonyl (C=O) groups excluding carboxylic acids is 2. The van der Waals surface area contributed by atoms with Crippen molar-refractivity contribution in [2.24, 2.45) is 5.73 Å². The number of nitriles is 1. The van der Waals surface area contributed by atoms with Gasteiger partial charge in [-0.25, -0.2) is 4.98 Å². The van der Waals surface area contributed by atoms with Crippen LogP contribution in [0.5, 0.6) is 0 Å². The SMILES string of the molecule is C=C(Nc1nc2cc(C(=O)N(C)C3CCCCC3)ccc2n1CCC(N)=O)c1ccc(C#N)cc1. The topological polar surface area (TPSA) is 117 Å². The lowest BCUT2D eigenvalue weighted by Crippen LogP contribution is -2.38. The van der Waals surface area contributed by atoms with Crippen LogP contribution in [-0.4, -0.2) is 39.4 Å². The maximum absolute atomic E-state index is 13.2. The van der Waals surface area contributed by atoms with Crippen LogP contribution < -0.4 is 11.1 Å². The molecule has 0 bridgehead atoms. The molecule has 2 aromatic carbocycles. The fraction of sp³-hybridized carbons (Fsp3) is 0.333. The number of nitrogens with one attached hydrogen (secondary N) is 1. The summed E-state index contributed by atoms with van der Waals surface area (Å²) in [6.45, 7) is 4.44. The monoisotopic (exact) mass is 470 g/mol. The number of amides is 2. The predicted octanol–water partition coefficient (Wildman–Crippen LogP) is 4.27. The van der Waals surface area contributed by atoms with Crippen LogP contribution in [0.25, 0.3) is 16.7 Å². The van der Waals surface area contributed by atoms with Gasteiger partial charge in [0.05, 0.1) is 22.7 Å². The fourth-order valence-corrected chi connectivity index (χ4v) is 4.60. The van der Waals surface area contributed by atoms with Crippen LogP contribution >= 0.6 is 0 Å². The van der Waals surface area contributed by atoms with E-state index in [1.165, 1.54) is 6.42 Å². The molecule has 0 atom stereocenters. The molecule has 0 aliphatic heterocycles. The molecule has 3 aromatic rings. The fourth-order valence-electron chi connectivity index (χ4n) is 4.60. The van der Waals surface area contributed by atoms with Gasteiger partial charge in [-0.15, -0.1) is 0 Å². The van der Waals surface area contributed by atoms with Gasteiger partial charge in [-0.2, -0.15) is 5.26 Å². The molecule has 1 saturated carbocycles. The summed E-state index contributed by atoms with van der Waals surface area (Å²) in [5.41, 5.74) is 9.39. The summed E-state index contributed by atoms with van der Waals surface area (Å²) < 4.78 is 1.87. The summed E-state index contributed by atoms with van der Waals surface area (Å²) in [5.74, 6) is 0.0763. The van der Waals surface area contributed by atoms with Crippen LogP contribution in [0.1, 0.15) is 60.0 Å². The van der Waals surface area contributed by atoms with Gasteiger partial charge >= 0.3 is 0 Å². The number of imidazole rings is 1. The summed E-state index contributed by atoms with van der Waals surface area (Å²) in [6.07, 6.45) is 5.77. The van der Waals surface area contributed by atoms with Gasteiger partial charge in [-0.05, 0) is 48.7 Å². The molecule has 1 aliphatic carbocycles. The highest BCUT2D eigenvalue weighted by molar-refractivity contribution is 5.98. The van der Waals surface area contributed by atoms with Gasteiger partial charge in [0.25, 0.3) is 5.91 Å².